The van der Waals surface area contributed by atoms with Gasteiger partial charge < -0.3 is 10.2 Å². The van der Waals surface area contributed by atoms with E-state index < -0.39 is 28.5 Å². The first-order valence-electron chi connectivity index (χ1n) is 15.5. The summed E-state index contributed by atoms with van der Waals surface area (Å²) >= 11 is 13.2. The molecule has 0 aliphatic carbocycles. The number of aryl methyl sites for hydroxylation is 3. The Morgan fingerprint density at radius 1 is 0.830 bits per heavy atom. The number of carbonyl (C=O) groups excluding carboxylic acids is 2. The summed E-state index contributed by atoms with van der Waals surface area (Å²) < 4.78 is 29.8. The molecule has 1 N–H and O–H groups in total. The summed E-state index contributed by atoms with van der Waals surface area (Å²) in [5.74, 6) is -0.948. The minimum atomic E-state index is -4.22. The minimum Gasteiger partial charge on any atom is -0.352 e. The van der Waals surface area contributed by atoms with Crippen molar-refractivity contribution in [3.63, 3.8) is 0 Å². The van der Waals surface area contributed by atoms with Gasteiger partial charge in [-0.15, -0.1) is 0 Å². The van der Waals surface area contributed by atoms with E-state index in [4.69, 9.17) is 23.2 Å². The van der Waals surface area contributed by atoms with Crippen LogP contribution in [-0.4, -0.2) is 43.8 Å². The zero-order valence-electron chi connectivity index (χ0n) is 27.3. The third kappa shape index (κ3) is 8.95. The standard InChI is InChI=1S/C37H41Cl2N3O4S/c1-6-28(5)40-37(44)35(22-29-11-8-7-9-12-29)41(23-31-32(38)13-10-14-33(31)39)36(43)24-42(34-20-17-26(3)21-27(34)4)47(45,46)30-18-15-25(2)16-19-30/h7-21,28,35H,6,22-24H2,1-5H3,(H,40,44)/t28-,35-/m1/s1. The van der Waals surface area contributed by atoms with Gasteiger partial charge in [-0.05, 0) is 75.6 Å². The molecule has 0 spiro atoms. The Morgan fingerprint density at radius 2 is 1.45 bits per heavy atom. The summed E-state index contributed by atoms with van der Waals surface area (Å²) in [6.07, 6.45) is 0.870. The number of sulfonamides is 1. The summed E-state index contributed by atoms with van der Waals surface area (Å²) in [5, 5.41) is 3.69. The normalized spacial score (nSPS) is 12.7. The second-order valence-corrected chi connectivity index (χ2v) is 14.5. The van der Waals surface area contributed by atoms with Gasteiger partial charge in [0, 0.05) is 34.6 Å². The number of nitrogens with zero attached hydrogens (tertiary/aromatic N) is 2. The van der Waals surface area contributed by atoms with Crippen molar-refractivity contribution in [1.29, 1.82) is 0 Å². The molecule has 0 bridgehead atoms. The summed E-state index contributed by atoms with van der Waals surface area (Å²) in [5.41, 5.74) is 4.19. The average Bonchev–Trinajstić information content (AvgIpc) is 3.03. The Bertz CT molecular complexity index is 1800. The SMILES string of the molecule is CC[C@@H](C)NC(=O)[C@@H](Cc1ccccc1)N(Cc1c(Cl)cccc1Cl)C(=O)CN(c1ccc(C)cc1C)S(=O)(=O)c1ccc(C)cc1. The Hall–Kier alpha value is -3.85. The topological polar surface area (TPSA) is 86.8 Å². The van der Waals surface area contributed by atoms with Gasteiger partial charge in [0.05, 0.1) is 10.6 Å². The summed E-state index contributed by atoms with van der Waals surface area (Å²) in [7, 11) is -4.22. The number of rotatable bonds is 13. The van der Waals surface area contributed by atoms with Gasteiger partial charge in [0.2, 0.25) is 11.8 Å². The number of hydrogen-bond acceptors (Lipinski definition) is 4. The van der Waals surface area contributed by atoms with Crippen LogP contribution in [0.3, 0.4) is 0 Å². The van der Waals surface area contributed by atoms with E-state index in [1.165, 1.54) is 17.0 Å². The second-order valence-electron chi connectivity index (χ2n) is 11.9. The van der Waals surface area contributed by atoms with Crippen LogP contribution in [-0.2, 0) is 32.6 Å². The summed E-state index contributed by atoms with van der Waals surface area (Å²) in [4.78, 5) is 30.2. The van der Waals surface area contributed by atoms with Crippen molar-refractivity contribution < 1.29 is 18.0 Å². The predicted molar refractivity (Wildman–Crippen MR) is 190 cm³/mol. The lowest BCUT2D eigenvalue weighted by molar-refractivity contribution is -0.140. The Labute approximate surface area is 288 Å². The maximum absolute atomic E-state index is 14.7. The molecule has 2 amide bonds. The number of halogens is 2. The molecule has 0 heterocycles. The van der Waals surface area contributed by atoms with E-state index in [1.54, 1.807) is 36.4 Å². The molecule has 2 atom stereocenters. The molecule has 4 rings (SSSR count). The van der Waals surface area contributed by atoms with E-state index in [0.717, 1.165) is 21.0 Å². The number of carbonyl (C=O) groups is 2. The van der Waals surface area contributed by atoms with Gasteiger partial charge in [0.25, 0.3) is 10.0 Å². The third-order valence-corrected chi connectivity index (χ3v) is 10.7. The van der Waals surface area contributed by atoms with E-state index in [1.807, 2.05) is 77.1 Å². The van der Waals surface area contributed by atoms with Crippen molar-refractivity contribution in [2.75, 3.05) is 10.8 Å². The van der Waals surface area contributed by atoms with Crippen LogP contribution in [0.15, 0.2) is 95.9 Å². The van der Waals surface area contributed by atoms with Gasteiger partial charge in [-0.1, -0.05) is 102 Å². The summed E-state index contributed by atoms with van der Waals surface area (Å²) in [6, 6.07) is 25.1. The first-order chi connectivity index (χ1) is 22.3. The van der Waals surface area contributed by atoms with Crippen LogP contribution < -0.4 is 9.62 Å². The fraction of sp³-hybridized carbons (Fsp3) is 0.297. The van der Waals surface area contributed by atoms with Crippen LogP contribution in [0, 0.1) is 20.8 Å². The van der Waals surface area contributed by atoms with Gasteiger partial charge in [-0.25, -0.2) is 8.42 Å². The van der Waals surface area contributed by atoms with Gasteiger partial charge in [0.15, 0.2) is 0 Å². The first kappa shape index (κ1) is 36.0. The minimum absolute atomic E-state index is 0.0481. The molecule has 4 aromatic rings. The lowest BCUT2D eigenvalue weighted by atomic mass is 10.0. The van der Waals surface area contributed by atoms with E-state index >= 15 is 0 Å². The summed E-state index contributed by atoms with van der Waals surface area (Å²) in [6.45, 7) is 8.77. The molecule has 248 valence electrons. The van der Waals surface area contributed by atoms with Gasteiger partial charge in [0.1, 0.15) is 12.6 Å². The highest BCUT2D eigenvalue weighted by atomic mass is 35.5. The maximum atomic E-state index is 14.7. The van der Waals surface area contributed by atoms with Crippen molar-refractivity contribution in [2.45, 2.75) is 71.0 Å². The van der Waals surface area contributed by atoms with Crippen molar-refractivity contribution in [3.8, 4) is 0 Å². The molecule has 0 fully saturated rings. The van der Waals surface area contributed by atoms with E-state index in [9.17, 15) is 18.0 Å². The van der Waals surface area contributed by atoms with Crippen LogP contribution in [0.4, 0.5) is 5.69 Å². The van der Waals surface area contributed by atoms with Gasteiger partial charge >= 0.3 is 0 Å². The van der Waals surface area contributed by atoms with E-state index in [-0.39, 0.29) is 29.8 Å². The largest absolute Gasteiger partial charge is 0.352 e. The second kappa shape index (κ2) is 15.8. The molecule has 47 heavy (non-hydrogen) atoms. The lowest BCUT2D eigenvalue weighted by Gasteiger charge is -2.35. The van der Waals surface area contributed by atoms with Crippen molar-refractivity contribution in [2.24, 2.45) is 0 Å². The molecule has 0 aliphatic rings. The zero-order chi connectivity index (χ0) is 34.3. The maximum Gasteiger partial charge on any atom is 0.264 e. The number of benzene rings is 4. The molecular weight excluding hydrogens is 653 g/mol. The average molecular weight is 695 g/mol. The fourth-order valence-corrected chi connectivity index (χ4v) is 7.28. The Kier molecular flexibility index (Phi) is 12.1. The van der Waals surface area contributed by atoms with Crippen molar-refractivity contribution >= 4 is 50.7 Å². The lowest BCUT2D eigenvalue weighted by Crippen LogP contribution is -2.54. The molecule has 4 aromatic carbocycles. The number of hydrogen-bond donors (Lipinski definition) is 1. The van der Waals surface area contributed by atoms with E-state index in [2.05, 4.69) is 5.32 Å². The zero-order valence-corrected chi connectivity index (χ0v) is 29.7. The Morgan fingerprint density at radius 3 is 2.04 bits per heavy atom. The van der Waals surface area contributed by atoms with Gasteiger partial charge in [-0.2, -0.15) is 0 Å². The monoisotopic (exact) mass is 693 g/mol. The van der Waals surface area contributed by atoms with Crippen LogP contribution >= 0.6 is 23.2 Å². The number of anilines is 1. The molecular formula is C37H41Cl2N3O4S. The molecule has 0 saturated heterocycles. The molecule has 0 saturated carbocycles. The number of nitrogens with one attached hydrogen (secondary N) is 1. The fourth-order valence-electron chi connectivity index (χ4n) is 5.28. The number of amides is 2. The quantitative estimate of drug-likeness (QED) is 0.156. The molecule has 7 nitrogen and oxygen atoms in total. The van der Waals surface area contributed by atoms with Crippen molar-refractivity contribution in [3.05, 3.63) is 129 Å². The van der Waals surface area contributed by atoms with Crippen LogP contribution in [0.25, 0.3) is 0 Å². The van der Waals surface area contributed by atoms with Gasteiger partial charge in [-0.3, -0.25) is 13.9 Å². The predicted octanol–water partition coefficient (Wildman–Crippen LogP) is 7.67. The van der Waals surface area contributed by atoms with Crippen molar-refractivity contribution in [1.82, 2.24) is 10.2 Å². The molecule has 0 unspecified atom stereocenters. The Balaban J connectivity index is 1.87. The van der Waals surface area contributed by atoms with Crippen LogP contribution in [0.5, 0.6) is 0 Å². The highest BCUT2D eigenvalue weighted by Crippen LogP contribution is 2.30. The molecule has 0 aromatic heterocycles. The first-order valence-corrected chi connectivity index (χ1v) is 17.7. The molecule has 0 aliphatic heterocycles. The molecule has 10 heteroatoms. The smallest absolute Gasteiger partial charge is 0.264 e. The van der Waals surface area contributed by atoms with Crippen LogP contribution in [0.2, 0.25) is 10.0 Å². The highest BCUT2D eigenvalue weighted by Gasteiger charge is 2.36. The molecule has 0 radical (unpaired) electrons. The van der Waals surface area contributed by atoms with Crippen LogP contribution in [0.1, 0.15) is 48.1 Å². The third-order valence-electron chi connectivity index (χ3n) is 8.17. The van der Waals surface area contributed by atoms with E-state index in [0.29, 0.717) is 33.3 Å². The highest BCUT2D eigenvalue weighted by molar-refractivity contribution is 7.92.